The predicted molar refractivity (Wildman–Crippen MR) is 124 cm³/mol. The van der Waals surface area contributed by atoms with Gasteiger partial charge in [-0.1, -0.05) is 42.5 Å². The Labute approximate surface area is 192 Å². The van der Waals surface area contributed by atoms with Crippen molar-refractivity contribution in [2.24, 2.45) is 0 Å². The number of rotatable bonds is 10. The zero-order valence-electron chi connectivity index (χ0n) is 18.4. The lowest BCUT2D eigenvalue weighted by Gasteiger charge is -2.32. The minimum atomic E-state index is -3.34. The van der Waals surface area contributed by atoms with Crippen molar-refractivity contribution in [3.63, 3.8) is 0 Å². The van der Waals surface area contributed by atoms with E-state index in [1.165, 1.54) is 11.3 Å². The van der Waals surface area contributed by atoms with Gasteiger partial charge >= 0.3 is 5.92 Å². The van der Waals surface area contributed by atoms with E-state index < -0.39 is 12.3 Å². The molecule has 0 unspecified atom stereocenters. The van der Waals surface area contributed by atoms with Crippen LogP contribution in [-0.4, -0.2) is 31.9 Å². The molecule has 4 rings (SSSR count). The molecule has 3 aromatic carbocycles. The van der Waals surface area contributed by atoms with Crippen LogP contribution in [0.1, 0.15) is 23.1 Å². The summed E-state index contributed by atoms with van der Waals surface area (Å²) in [6.45, 7) is 2.81. The van der Waals surface area contributed by atoms with Crippen molar-refractivity contribution < 1.29 is 23.0 Å². The largest absolute Gasteiger partial charge is 0.492 e. The Morgan fingerprint density at radius 2 is 1.67 bits per heavy atom. The molecule has 0 aliphatic carbocycles. The first kappa shape index (κ1) is 22.8. The second-order valence-corrected chi connectivity index (χ2v) is 8.16. The monoisotopic (exact) mass is 451 g/mol. The van der Waals surface area contributed by atoms with Gasteiger partial charge in [-0.25, -0.2) is 0 Å². The predicted octanol–water partition coefficient (Wildman–Crippen LogP) is 5.47. The van der Waals surface area contributed by atoms with Crippen LogP contribution in [0.4, 0.5) is 14.5 Å². The van der Waals surface area contributed by atoms with Gasteiger partial charge in [0.1, 0.15) is 24.7 Å². The van der Waals surface area contributed by atoms with Crippen LogP contribution in [0, 0.1) is 0 Å². The summed E-state index contributed by atoms with van der Waals surface area (Å²) in [5, 5.41) is 0. The summed E-state index contributed by atoms with van der Waals surface area (Å²) >= 11 is 0. The zero-order valence-corrected chi connectivity index (χ0v) is 18.4. The van der Waals surface area contributed by atoms with E-state index in [-0.39, 0.29) is 6.29 Å². The summed E-state index contributed by atoms with van der Waals surface area (Å²) in [5.74, 6) is -1.86. The van der Waals surface area contributed by atoms with E-state index in [9.17, 15) is 13.6 Å². The van der Waals surface area contributed by atoms with Crippen molar-refractivity contribution in [1.82, 2.24) is 0 Å². The number of benzene rings is 3. The molecule has 0 spiro atoms. The summed E-state index contributed by atoms with van der Waals surface area (Å²) in [5.41, 5.74) is 4.01. The number of nitrogens with zero attached hydrogens (tertiary/aromatic N) is 1. The molecule has 0 bridgehead atoms. The summed E-state index contributed by atoms with van der Waals surface area (Å²) in [6.07, 6.45) is 1.14. The Morgan fingerprint density at radius 1 is 0.909 bits per heavy atom. The highest BCUT2D eigenvalue weighted by Gasteiger charge is 2.28. The van der Waals surface area contributed by atoms with Crippen molar-refractivity contribution in [3.05, 3.63) is 89.5 Å². The van der Waals surface area contributed by atoms with Crippen LogP contribution in [0.15, 0.2) is 72.8 Å². The van der Waals surface area contributed by atoms with Gasteiger partial charge < -0.3 is 14.4 Å². The Balaban J connectivity index is 1.36. The average Bonchev–Trinajstić information content (AvgIpc) is 2.84. The summed E-state index contributed by atoms with van der Waals surface area (Å²) in [7, 11) is 0. The molecule has 0 radical (unpaired) electrons. The van der Waals surface area contributed by atoms with Crippen LogP contribution < -0.4 is 14.4 Å². The molecule has 0 amide bonds. The third kappa shape index (κ3) is 6.09. The SMILES string of the molecule is O=CC(F)(F)Cc1ccc(OCc2cccc3c2CCCN3CCOc2ccccc2)cc1. The van der Waals surface area contributed by atoms with E-state index in [0.717, 1.165) is 37.2 Å². The minimum Gasteiger partial charge on any atom is -0.492 e. The molecule has 172 valence electrons. The highest BCUT2D eigenvalue weighted by atomic mass is 19.3. The molecule has 0 aromatic heterocycles. The van der Waals surface area contributed by atoms with E-state index >= 15 is 0 Å². The van der Waals surface area contributed by atoms with Gasteiger partial charge in [-0.05, 0) is 59.9 Å². The van der Waals surface area contributed by atoms with Gasteiger partial charge in [0.2, 0.25) is 0 Å². The standard InChI is InChI=1S/C27H27F2NO3/c28-27(29,20-31)18-21-11-13-24(14-12-21)33-19-22-6-4-10-26-25(22)9-5-15-30(26)16-17-32-23-7-2-1-3-8-23/h1-4,6-8,10-14,20H,5,9,15-19H2. The molecule has 6 heteroatoms. The van der Waals surface area contributed by atoms with Gasteiger partial charge in [0, 0.05) is 18.7 Å². The molecule has 0 atom stereocenters. The number of fused-ring (bicyclic) bond motifs is 1. The molecule has 0 N–H and O–H groups in total. The molecule has 0 saturated heterocycles. The van der Waals surface area contributed by atoms with E-state index in [4.69, 9.17) is 9.47 Å². The summed E-state index contributed by atoms with van der Waals surface area (Å²) in [6, 6.07) is 22.5. The molecular formula is C27H27F2NO3. The second-order valence-electron chi connectivity index (χ2n) is 8.16. The Kier molecular flexibility index (Phi) is 7.23. The van der Waals surface area contributed by atoms with Crippen LogP contribution in [0.2, 0.25) is 0 Å². The van der Waals surface area contributed by atoms with Gasteiger partial charge in [-0.2, -0.15) is 8.78 Å². The highest BCUT2D eigenvalue weighted by Crippen LogP contribution is 2.31. The third-order valence-corrected chi connectivity index (χ3v) is 5.75. The fourth-order valence-electron chi connectivity index (χ4n) is 4.11. The van der Waals surface area contributed by atoms with Crippen molar-refractivity contribution in [2.45, 2.75) is 31.8 Å². The number of hydrogen-bond acceptors (Lipinski definition) is 4. The Hall–Kier alpha value is -3.41. The van der Waals surface area contributed by atoms with Crippen LogP contribution in [-0.2, 0) is 24.2 Å². The van der Waals surface area contributed by atoms with Crippen LogP contribution >= 0.6 is 0 Å². The van der Waals surface area contributed by atoms with E-state index in [1.54, 1.807) is 24.3 Å². The lowest BCUT2D eigenvalue weighted by molar-refractivity contribution is -0.128. The fraction of sp³-hybridized carbons (Fsp3) is 0.296. The van der Waals surface area contributed by atoms with Crippen LogP contribution in [0.3, 0.4) is 0 Å². The molecule has 0 fully saturated rings. The summed E-state index contributed by atoms with van der Waals surface area (Å²) in [4.78, 5) is 12.8. The van der Waals surface area contributed by atoms with Gasteiger partial charge in [-0.15, -0.1) is 0 Å². The fourth-order valence-corrected chi connectivity index (χ4v) is 4.11. The number of aldehydes is 1. The van der Waals surface area contributed by atoms with E-state index in [1.807, 2.05) is 36.4 Å². The first-order chi connectivity index (χ1) is 16.0. The van der Waals surface area contributed by atoms with Crippen LogP contribution in [0.5, 0.6) is 11.5 Å². The molecule has 33 heavy (non-hydrogen) atoms. The molecule has 1 heterocycles. The third-order valence-electron chi connectivity index (χ3n) is 5.75. The van der Waals surface area contributed by atoms with Crippen LogP contribution in [0.25, 0.3) is 0 Å². The van der Waals surface area contributed by atoms with Crippen molar-refractivity contribution in [3.8, 4) is 11.5 Å². The highest BCUT2D eigenvalue weighted by molar-refractivity contribution is 5.60. The smallest absolute Gasteiger partial charge is 0.306 e. The number of anilines is 1. The van der Waals surface area contributed by atoms with Gasteiger partial charge in [0.05, 0.1) is 6.54 Å². The maximum absolute atomic E-state index is 13.3. The number of hydrogen-bond donors (Lipinski definition) is 0. The zero-order chi connectivity index (χ0) is 23.1. The maximum atomic E-state index is 13.3. The van der Waals surface area contributed by atoms with Crippen molar-refractivity contribution >= 4 is 12.0 Å². The molecular weight excluding hydrogens is 424 g/mol. The normalized spacial score (nSPS) is 13.3. The lowest BCUT2D eigenvalue weighted by Crippen LogP contribution is -2.33. The van der Waals surface area contributed by atoms with E-state index in [0.29, 0.717) is 24.5 Å². The number of para-hydroxylation sites is 1. The first-order valence-electron chi connectivity index (χ1n) is 11.1. The lowest BCUT2D eigenvalue weighted by atomic mass is 9.96. The minimum absolute atomic E-state index is 0.312. The number of carbonyl (C=O) groups excluding carboxylic acids is 1. The van der Waals surface area contributed by atoms with E-state index in [2.05, 4.69) is 17.0 Å². The van der Waals surface area contributed by atoms with Crippen molar-refractivity contribution in [1.29, 1.82) is 0 Å². The maximum Gasteiger partial charge on any atom is 0.306 e. The number of ether oxygens (including phenoxy) is 2. The molecule has 4 nitrogen and oxygen atoms in total. The molecule has 1 aliphatic rings. The first-order valence-corrected chi connectivity index (χ1v) is 11.1. The Bertz CT molecular complexity index is 1050. The van der Waals surface area contributed by atoms with Gasteiger partial charge in [0.25, 0.3) is 0 Å². The number of alkyl halides is 2. The summed E-state index contributed by atoms with van der Waals surface area (Å²) < 4.78 is 38.3. The van der Waals surface area contributed by atoms with Crippen molar-refractivity contribution in [2.75, 3.05) is 24.6 Å². The molecule has 1 aliphatic heterocycles. The Morgan fingerprint density at radius 3 is 2.42 bits per heavy atom. The number of halogens is 2. The topological polar surface area (TPSA) is 38.8 Å². The molecule has 3 aromatic rings. The second kappa shape index (κ2) is 10.5. The average molecular weight is 452 g/mol. The number of carbonyl (C=O) groups is 1. The molecule has 0 saturated carbocycles. The van der Waals surface area contributed by atoms with Gasteiger partial charge in [-0.3, -0.25) is 4.79 Å². The van der Waals surface area contributed by atoms with Gasteiger partial charge in [0.15, 0.2) is 6.29 Å². The quantitative estimate of drug-likeness (QED) is 0.383.